The van der Waals surface area contributed by atoms with E-state index in [0.717, 1.165) is 64.1 Å². The molecule has 0 aliphatic carbocycles. The van der Waals surface area contributed by atoms with Crippen molar-refractivity contribution in [3.63, 3.8) is 0 Å². The Labute approximate surface area is 166 Å². The fourth-order valence-electron chi connectivity index (χ4n) is 3.04. The Morgan fingerprint density at radius 1 is 1.32 bits per heavy atom. The molecular formula is C17H28IN5O2. The molecule has 0 saturated carbocycles. The molecule has 2 N–H and O–H groups in total. The summed E-state index contributed by atoms with van der Waals surface area (Å²) in [6.07, 6.45) is 4.41. The standard InChI is InChI=1S/C17H27N5O2.HI/c1-18-17(21-13-15-5-3-9-24-15)20-12-14-4-2-6-19-16(14)22-7-10-23-11-8-22;/h2,4,6,15H,3,5,7-13H2,1H3,(H2,18,20,21);1H. The molecule has 140 valence electrons. The monoisotopic (exact) mass is 461 g/mol. The first-order valence-corrected chi connectivity index (χ1v) is 8.69. The zero-order valence-corrected chi connectivity index (χ0v) is 17.1. The van der Waals surface area contributed by atoms with Crippen molar-refractivity contribution in [1.82, 2.24) is 15.6 Å². The minimum absolute atomic E-state index is 0. The van der Waals surface area contributed by atoms with E-state index in [1.54, 1.807) is 7.05 Å². The van der Waals surface area contributed by atoms with Gasteiger partial charge < -0.3 is 25.0 Å². The van der Waals surface area contributed by atoms with Gasteiger partial charge in [-0.05, 0) is 18.9 Å². The molecule has 7 nitrogen and oxygen atoms in total. The van der Waals surface area contributed by atoms with Gasteiger partial charge in [-0.1, -0.05) is 6.07 Å². The number of guanidine groups is 1. The molecule has 2 fully saturated rings. The fraction of sp³-hybridized carbons (Fsp3) is 0.647. The maximum Gasteiger partial charge on any atom is 0.191 e. The van der Waals surface area contributed by atoms with Gasteiger partial charge in [-0.3, -0.25) is 4.99 Å². The Morgan fingerprint density at radius 3 is 2.88 bits per heavy atom. The first kappa shape index (κ1) is 20.2. The van der Waals surface area contributed by atoms with E-state index in [0.29, 0.717) is 12.6 Å². The molecule has 0 aromatic carbocycles. The molecule has 1 aromatic rings. The number of hydrogen-bond donors (Lipinski definition) is 2. The van der Waals surface area contributed by atoms with E-state index in [-0.39, 0.29) is 24.0 Å². The minimum atomic E-state index is 0. The van der Waals surface area contributed by atoms with Crippen LogP contribution in [0.1, 0.15) is 18.4 Å². The van der Waals surface area contributed by atoms with Crippen molar-refractivity contribution in [3.05, 3.63) is 23.9 Å². The molecular weight excluding hydrogens is 433 g/mol. The number of aliphatic imine (C=N–C) groups is 1. The van der Waals surface area contributed by atoms with E-state index in [9.17, 15) is 0 Å². The number of ether oxygens (including phenoxy) is 2. The van der Waals surface area contributed by atoms with Crippen LogP contribution >= 0.6 is 24.0 Å². The highest BCUT2D eigenvalue weighted by atomic mass is 127. The van der Waals surface area contributed by atoms with Crippen molar-refractivity contribution in [2.45, 2.75) is 25.5 Å². The number of pyridine rings is 1. The molecule has 0 spiro atoms. The largest absolute Gasteiger partial charge is 0.378 e. The summed E-state index contributed by atoms with van der Waals surface area (Å²) in [5, 5.41) is 6.72. The minimum Gasteiger partial charge on any atom is -0.378 e. The van der Waals surface area contributed by atoms with Gasteiger partial charge in [-0.15, -0.1) is 24.0 Å². The van der Waals surface area contributed by atoms with E-state index in [1.807, 2.05) is 12.3 Å². The number of nitrogens with one attached hydrogen (secondary N) is 2. The van der Waals surface area contributed by atoms with Crippen molar-refractivity contribution >= 4 is 35.8 Å². The van der Waals surface area contributed by atoms with E-state index in [4.69, 9.17) is 9.47 Å². The number of morpholine rings is 1. The van der Waals surface area contributed by atoms with Crippen LogP contribution in [-0.2, 0) is 16.0 Å². The van der Waals surface area contributed by atoms with Gasteiger partial charge in [0.05, 0.1) is 19.3 Å². The van der Waals surface area contributed by atoms with E-state index in [1.165, 1.54) is 5.56 Å². The molecule has 1 aromatic heterocycles. The predicted octanol–water partition coefficient (Wildman–Crippen LogP) is 1.38. The van der Waals surface area contributed by atoms with Crippen molar-refractivity contribution < 1.29 is 9.47 Å². The van der Waals surface area contributed by atoms with Crippen LogP contribution in [-0.4, -0.2) is 63.6 Å². The summed E-state index contributed by atoms with van der Waals surface area (Å²) >= 11 is 0. The quantitative estimate of drug-likeness (QED) is 0.393. The number of aromatic nitrogens is 1. The van der Waals surface area contributed by atoms with E-state index in [2.05, 4.69) is 31.6 Å². The van der Waals surface area contributed by atoms with Crippen molar-refractivity contribution in [2.24, 2.45) is 4.99 Å². The van der Waals surface area contributed by atoms with Gasteiger partial charge in [0.25, 0.3) is 0 Å². The van der Waals surface area contributed by atoms with Gasteiger partial charge in [0, 0.05) is 51.6 Å². The number of nitrogens with zero attached hydrogens (tertiary/aromatic N) is 3. The van der Waals surface area contributed by atoms with Crippen molar-refractivity contribution in [3.8, 4) is 0 Å². The first-order chi connectivity index (χ1) is 11.9. The second-order valence-corrected chi connectivity index (χ2v) is 6.03. The molecule has 25 heavy (non-hydrogen) atoms. The molecule has 2 aliphatic rings. The van der Waals surface area contributed by atoms with Crippen LogP contribution in [0.4, 0.5) is 5.82 Å². The lowest BCUT2D eigenvalue weighted by Crippen LogP contribution is -2.41. The smallest absolute Gasteiger partial charge is 0.191 e. The van der Waals surface area contributed by atoms with Gasteiger partial charge in [-0.25, -0.2) is 4.98 Å². The predicted molar refractivity (Wildman–Crippen MR) is 110 cm³/mol. The molecule has 8 heteroatoms. The summed E-state index contributed by atoms with van der Waals surface area (Å²) in [4.78, 5) is 11.1. The van der Waals surface area contributed by atoms with E-state index >= 15 is 0 Å². The molecule has 2 saturated heterocycles. The highest BCUT2D eigenvalue weighted by molar-refractivity contribution is 14.0. The van der Waals surface area contributed by atoms with Crippen LogP contribution in [0.5, 0.6) is 0 Å². The third kappa shape index (κ3) is 5.96. The van der Waals surface area contributed by atoms with Crippen LogP contribution in [0.2, 0.25) is 0 Å². The van der Waals surface area contributed by atoms with Crippen LogP contribution in [0, 0.1) is 0 Å². The molecule has 0 radical (unpaired) electrons. The second-order valence-electron chi connectivity index (χ2n) is 6.03. The lowest BCUT2D eigenvalue weighted by molar-refractivity contribution is 0.114. The van der Waals surface area contributed by atoms with Gasteiger partial charge in [-0.2, -0.15) is 0 Å². The summed E-state index contributed by atoms with van der Waals surface area (Å²) < 4.78 is 11.1. The molecule has 1 atom stereocenters. The van der Waals surface area contributed by atoms with Gasteiger partial charge in [0.1, 0.15) is 5.82 Å². The third-order valence-electron chi connectivity index (χ3n) is 4.37. The Morgan fingerprint density at radius 2 is 2.16 bits per heavy atom. The van der Waals surface area contributed by atoms with Gasteiger partial charge >= 0.3 is 0 Å². The van der Waals surface area contributed by atoms with Gasteiger partial charge in [0.15, 0.2) is 5.96 Å². The highest BCUT2D eigenvalue weighted by Crippen LogP contribution is 2.18. The summed E-state index contributed by atoms with van der Waals surface area (Å²) in [5.74, 6) is 1.82. The Hall–Kier alpha value is -1.13. The summed E-state index contributed by atoms with van der Waals surface area (Å²) in [6.45, 7) is 5.64. The molecule has 0 amide bonds. The number of anilines is 1. The van der Waals surface area contributed by atoms with Crippen molar-refractivity contribution in [1.29, 1.82) is 0 Å². The van der Waals surface area contributed by atoms with Gasteiger partial charge in [0.2, 0.25) is 0 Å². The van der Waals surface area contributed by atoms with Crippen LogP contribution in [0.3, 0.4) is 0 Å². The molecule has 3 heterocycles. The topological polar surface area (TPSA) is 71.0 Å². The van der Waals surface area contributed by atoms with Crippen LogP contribution < -0.4 is 15.5 Å². The maximum absolute atomic E-state index is 5.64. The normalized spacial score (nSPS) is 20.9. The zero-order chi connectivity index (χ0) is 16.6. The zero-order valence-electron chi connectivity index (χ0n) is 14.7. The summed E-state index contributed by atoms with van der Waals surface area (Å²) in [5.41, 5.74) is 1.17. The fourth-order valence-corrected chi connectivity index (χ4v) is 3.04. The Bertz CT molecular complexity index is 546. The SMILES string of the molecule is CN=C(NCc1cccnc1N1CCOCC1)NCC1CCCO1.I. The highest BCUT2D eigenvalue weighted by Gasteiger charge is 2.17. The summed E-state index contributed by atoms with van der Waals surface area (Å²) in [7, 11) is 1.79. The second kappa shape index (κ2) is 10.8. The number of rotatable bonds is 5. The van der Waals surface area contributed by atoms with Crippen LogP contribution in [0.25, 0.3) is 0 Å². The average molecular weight is 461 g/mol. The first-order valence-electron chi connectivity index (χ1n) is 8.69. The number of hydrogen-bond acceptors (Lipinski definition) is 5. The van der Waals surface area contributed by atoms with E-state index < -0.39 is 0 Å². The molecule has 0 bridgehead atoms. The Balaban J connectivity index is 0.00000225. The summed E-state index contributed by atoms with van der Waals surface area (Å²) in [6, 6.07) is 4.08. The third-order valence-corrected chi connectivity index (χ3v) is 4.37. The molecule has 3 rings (SSSR count). The average Bonchev–Trinajstić information content (AvgIpc) is 3.16. The van der Waals surface area contributed by atoms with Crippen LogP contribution in [0.15, 0.2) is 23.3 Å². The Kier molecular flexibility index (Phi) is 8.70. The lowest BCUT2D eigenvalue weighted by Gasteiger charge is -2.29. The number of halogens is 1. The molecule has 2 aliphatic heterocycles. The lowest BCUT2D eigenvalue weighted by atomic mass is 10.2. The molecule has 1 unspecified atom stereocenters. The maximum atomic E-state index is 5.64. The van der Waals surface area contributed by atoms with Crippen molar-refractivity contribution in [2.75, 3.05) is 51.4 Å².